The van der Waals surface area contributed by atoms with E-state index in [0.29, 0.717) is 23.1 Å². The fraction of sp³-hybridized carbons (Fsp3) is 0.632. The lowest BCUT2D eigenvalue weighted by atomic mass is 9.77. The second kappa shape index (κ2) is 19.6. The summed E-state index contributed by atoms with van der Waals surface area (Å²) >= 11 is 0. The molecule has 3 aromatic carbocycles. The number of phenolic OH excluding ortho intramolecular Hbond substituents is 3. The standard InChI is InChI=1S/C57H86O9/c1-23-57(30-64-48(61)33(2)36-24-39(51(5,6)7)45(58)40(25-36)52(8,9)10,31-65-49(62)34(3)37-26-41(53(11,12)13)46(59)42(27-37)54(14,15)16)32-66-50(63)35(4)38-28-43(55(17,18)19)47(60)44(29-38)56(20,21)22/h24-29,33-35,58-60H,23,30-32H2,1-22H3. The van der Waals surface area contributed by atoms with Gasteiger partial charge in [-0.25, -0.2) is 0 Å². The molecule has 0 spiro atoms. The molecule has 368 valence electrons. The van der Waals surface area contributed by atoms with Gasteiger partial charge in [-0.2, -0.15) is 0 Å². The lowest BCUT2D eigenvalue weighted by Crippen LogP contribution is -2.40. The Morgan fingerprint density at radius 2 is 0.561 bits per heavy atom. The van der Waals surface area contributed by atoms with E-state index >= 15 is 0 Å². The third kappa shape index (κ3) is 13.1. The van der Waals surface area contributed by atoms with Gasteiger partial charge < -0.3 is 29.5 Å². The van der Waals surface area contributed by atoms with Gasteiger partial charge in [-0.15, -0.1) is 0 Å². The Kier molecular flexibility index (Phi) is 16.6. The van der Waals surface area contributed by atoms with E-state index in [1.54, 1.807) is 20.8 Å². The van der Waals surface area contributed by atoms with Gasteiger partial charge in [0.15, 0.2) is 0 Å². The van der Waals surface area contributed by atoms with Crippen LogP contribution in [0.25, 0.3) is 0 Å². The van der Waals surface area contributed by atoms with Gasteiger partial charge in [0.05, 0.1) is 23.2 Å². The number of rotatable bonds is 13. The number of carbonyl (C=O) groups is 3. The largest absolute Gasteiger partial charge is 0.507 e. The fourth-order valence-corrected chi connectivity index (χ4v) is 8.04. The summed E-state index contributed by atoms with van der Waals surface area (Å²) in [5, 5.41) is 34.1. The Labute approximate surface area is 398 Å². The van der Waals surface area contributed by atoms with E-state index in [1.807, 2.05) is 168 Å². The van der Waals surface area contributed by atoms with Crippen molar-refractivity contribution < 1.29 is 43.9 Å². The second-order valence-electron chi connectivity index (χ2n) is 25.2. The van der Waals surface area contributed by atoms with E-state index in [9.17, 15) is 29.7 Å². The average Bonchev–Trinajstić information content (AvgIpc) is 3.17. The highest BCUT2D eigenvalue weighted by Gasteiger charge is 2.38. The number of hydrogen-bond acceptors (Lipinski definition) is 9. The van der Waals surface area contributed by atoms with Crippen LogP contribution in [0.15, 0.2) is 36.4 Å². The van der Waals surface area contributed by atoms with Crippen LogP contribution < -0.4 is 0 Å². The number of hydrogen-bond donors (Lipinski definition) is 3. The van der Waals surface area contributed by atoms with Gasteiger partial charge in [-0.05, 0) is 110 Å². The summed E-state index contributed by atoms with van der Waals surface area (Å²) in [7, 11) is 0. The molecule has 0 heterocycles. The van der Waals surface area contributed by atoms with Crippen molar-refractivity contribution in [1.82, 2.24) is 0 Å². The Morgan fingerprint density at radius 1 is 0.394 bits per heavy atom. The summed E-state index contributed by atoms with van der Waals surface area (Å²) in [6, 6.07) is 11.2. The first kappa shape index (κ1) is 55.8. The monoisotopic (exact) mass is 915 g/mol. The molecule has 0 saturated carbocycles. The van der Waals surface area contributed by atoms with Gasteiger partial charge in [0.1, 0.15) is 37.1 Å². The molecule has 3 N–H and O–H groups in total. The van der Waals surface area contributed by atoms with Gasteiger partial charge in [0, 0.05) is 0 Å². The Bertz CT molecular complexity index is 1880. The lowest BCUT2D eigenvalue weighted by molar-refractivity contribution is -0.164. The van der Waals surface area contributed by atoms with Crippen LogP contribution in [-0.4, -0.2) is 53.0 Å². The molecule has 3 unspecified atom stereocenters. The molecule has 3 rings (SSSR count). The molecule has 0 aliphatic heterocycles. The highest BCUT2D eigenvalue weighted by atomic mass is 16.6. The van der Waals surface area contributed by atoms with Crippen molar-refractivity contribution in [3.05, 3.63) is 86.5 Å². The van der Waals surface area contributed by atoms with Crippen molar-refractivity contribution in [3.63, 3.8) is 0 Å². The molecule has 0 amide bonds. The highest BCUT2D eigenvalue weighted by molar-refractivity contribution is 5.80. The number of benzene rings is 3. The number of ether oxygens (including phenoxy) is 3. The molecule has 0 radical (unpaired) electrons. The third-order valence-corrected chi connectivity index (χ3v) is 13.1. The molecule has 0 aromatic heterocycles. The SMILES string of the molecule is CCC(COC(=O)C(C)c1cc(C(C)(C)C)c(O)c(C(C)(C)C)c1)(COC(=O)C(C)c1cc(C(C)(C)C)c(O)c(C(C)(C)C)c1)COC(=O)C(C)c1cc(C(C)(C)C)c(O)c(C(C)(C)C)c1. The van der Waals surface area contributed by atoms with E-state index in [4.69, 9.17) is 14.2 Å². The molecule has 9 heteroatoms. The zero-order chi connectivity index (χ0) is 51.1. The van der Waals surface area contributed by atoms with Crippen LogP contribution in [0.3, 0.4) is 0 Å². The summed E-state index contributed by atoms with van der Waals surface area (Å²) in [5.74, 6) is -3.07. The molecule has 66 heavy (non-hydrogen) atoms. The molecule has 3 atom stereocenters. The first-order valence-corrected chi connectivity index (χ1v) is 23.8. The average molecular weight is 915 g/mol. The number of esters is 3. The Morgan fingerprint density at radius 3 is 0.697 bits per heavy atom. The topological polar surface area (TPSA) is 140 Å². The van der Waals surface area contributed by atoms with Gasteiger partial charge in [0.2, 0.25) is 0 Å². The van der Waals surface area contributed by atoms with Crippen molar-refractivity contribution in [2.24, 2.45) is 5.41 Å². The smallest absolute Gasteiger partial charge is 0.313 e. The summed E-state index contributed by atoms with van der Waals surface area (Å²) in [4.78, 5) is 42.4. The van der Waals surface area contributed by atoms with Crippen molar-refractivity contribution in [3.8, 4) is 17.2 Å². The van der Waals surface area contributed by atoms with Gasteiger partial charge in [-0.1, -0.05) is 168 Å². The van der Waals surface area contributed by atoms with Crippen LogP contribution in [0, 0.1) is 5.41 Å². The first-order valence-electron chi connectivity index (χ1n) is 23.8. The van der Waals surface area contributed by atoms with Gasteiger partial charge in [0.25, 0.3) is 0 Å². The van der Waals surface area contributed by atoms with E-state index < -0.39 is 73.6 Å². The molecular formula is C57H86O9. The molecule has 0 bridgehead atoms. The van der Waals surface area contributed by atoms with E-state index in [2.05, 4.69) is 0 Å². The lowest BCUT2D eigenvalue weighted by Gasteiger charge is -2.33. The minimum Gasteiger partial charge on any atom is -0.507 e. The van der Waals surface area contributed by atoms with Crippen molar-refractivity contribution in [2.45, 2.75) is 209 Å². The fourth-order valence-electron chi connectivity index (χ4n) is 8.04. The number of phenols is 3. The maximum atomic E-state index is 14.1. The van der Waals surface area contributed by atoms with E-state index in [1.165, 1.54) is 0 Å². The summed E-state index contributed by atoms with van der Waals surface area (Å²) in [6.45, 7) is 42.9. The van der Waals surface area contributed by atoms with Gasteiger partial charge in [-0.3, -0.25) is 14.4 Å². The first-order chi connectivity index (χ1) is 29.7. The summed E-state index contributed by atoms with van der Waals surface area (Å²) in [6.07, 6.45) is 0.322. The van der Waals surface area contributed by atoms with Crippen LogP contribution >= 0.6 is 0 Å². The molecule has 0 saturated heterocycles. The van der Waals surface area contributed by atoms with Crippen LogP contribution in [-0.2, 0) is 61.1 Å². The quantitative estimate of drug-likeness (QED) is 0.113. The molecule has 0 aliphatic carbocycles. The van der Waals surface area contributed by atoms with Crippen LogP contribution in [0.2, 0.25) is 0 Å². The van der Waals surface area contributed by atoms with Crippen LogP contribution in [0.4, 0.5) is 0 Å². The molecule has 9 nitrogen and oxygen atoms in total. The zero-order valence-electron chi connectivity index (χ0n) is 44.8. The van der Waals surface area contributed by atoms with Crippen molar-refractivity contribution >= 4 is 17.9 Å². The molecule has 0 fully saturated rings. The zero-order valence-corrected chi connectivity index (χ0v) is 44.8. The van der Waals surface area contributed by atoms with Crippen LogP contribution in [0.1, 0.15) is 227 Å². The summed E-state index contributed by atoms with van der Waals surface area (Å²) in [5.41, 5.74) is 2.88. The number of carbonyl (C=O) groups excluding carboxylic acids is 3. The highest BCUT2D eigenvalue weighted by Crippen LogP contribution is 2.44. The normalized spacial score (nSPS) is 15.4. The predicted molar refractivity (Wildman–Crippen MR) is 267 cm³/mol. The molecule has 0 aliphatic rings. The number of aromatic hydroxyl groups is 3. The molecular weight excluding hydrogens is 829 g/mol. The van der Waals surface area contributed by atoms with E-state index in [0.717, 1.165) is 33.4 Å². The molecule has 3 aromatic rings. The van der Waals surface area contributed by atoms with Crippen molar-refractivity contribution in [1.29, 1.82) is 0 Å². The maximum absolute atomic E-state index is 14.1. The van der Waals surface area contributed by atoms with Gasteiger partial charge >= 0.3 is 17.9 Å². The van der Waals surface area contributed by atoms with E-state index in [-0.39, 0.29) is 37.1 Å². The third-order valence-electron chi connectivity index (χ3n) is 13.1. The van der Waals surface area contributed by atoms with Crippen molar-refractivity contribution in [2.75, 3.05) is 19.8 Å². The maximum Gasteiger partial charge on any atom is 0.313 e. The predicted octanol–water partition coefficient (Wildman–Crippen LogP) is 13.3. The summed E-state index contributed by atoms with van der Waals surface area (Å²) < 4.78 is 18.5. The second-order valence-corrected chi connectivity index (χ2v) is 25.2. The minimum atomic E-state index is -1.13. The Hall–Kier alpha value is -4.53. The Balaban J connectivity index is 2.07. The minimum absolute atomic E-state index is 0.213. The van der Waals surface area contributed by atoms with Crippen LogP contribution in [0.5, 0.6) is 17.2 Å².